The van der Waals surface area contributed by atoms with Crippen molar-refractivity contribution in [3.63, 3.8) is 0 Å². The van der Waals surface area contributed by atoms with Gasteiger partial charge in [-0.2, -0.15) is 0 Å². The van der Waals surface area contributed by atoms with Crippen LogP contribution in [0, 0.1) is 0 Å². The Bertz CT molecular complexity index is 452. The average molecular weight is 296 g/mol. The van der Waals surface area contributed by atoms with Crippen LogP contribution < -0.4 is 11.1 Å². The van der Waals surface area contributed by atoms with Gasteiger partial charge in [-0.15, -0.1) is 11.8 Å². The van der Waals surface area contributed by atoms with E-state index in [1.54, 1.807) is 0 Å². The molecule has 20 heavy (non-hydrogen) atoms. The molecule has 5 nitrogen and oxygen atoms in total. The zero-order valence-corrected chi connectivity index (χ0v) is 12.4. The van der Waals surface area contributed by atoms with Gasteiger partial charge in [0.2, 0.25) is 5.91 Å². The largest absolute Gasteiger partial charge is 0.468 e. The number of carbonyl (C=O) groups is 2. The topological polar surface area (TPSA) is 81.4 Å². The number of nitrogens with two attached hydrogens (primary N) is 1. The third-order valence-corrected chi connectivity index (χ3v) is 3.63. The van der Waals surface area contributed by atoms with Gasteiger partial charge < -0.3 is 15.8 Å². The molecule has 1 rings (SSSR count). The number of nitrogen functional groups attached to an aromatic ring is 1. The monoisotopic (exact) mass is 296 g/mol. The summed E-state index contributed by atoms with van der Waals surface area (Å²) in [5, 5.41) is 2.81. The molecule has 0 aliphatic carbocycles. The highest BCUT2D eigenvalue weighted by atomic mass is 32.2. The SMILES string of the molecule is COC(=O)CSCCNC(=O)CCc1ccccc1N. The number of anilines is 1. The number of amides is 1. The number of ether oxygens (including phenoxy) is 1. The summed E-state index contributed by atoms with van der Waals surface area (Å²) < 4.78 is 4.52. The van der Waals surface area contributed by atoms with E-state index in [4.69, 9.17) is 5.73 Å². The van der Waals surface area contributed by atoms with Gasteiger partial charge in [0.1, 0.15) is 0 Å². The Balaban J connectivity index is 2.12. The number of thioether (sulfide) groups is 1. The molecule has 0 unspecified atom stereocenters. The molecule has 0 radical (unpaired) electrons. The number of carbonyl (C=O) groups excluding carboxylic acids is 2. The number of rotatable bonds is 8. The highest BCUT2D eigenvalue weighted by Crippen LogP contribution is 2.12. The van der Waals surface area contributed by atoms with Crippen molar-refractivity contribution in [2.24, 2.45) is 0 Å². The van der Waals surface area contributed by atoms with Crippen LogP contribution in [0.25, 0.3) is 0 Å². The van der Waals surface area contributed by atoms with Crippen molar-refractivity contribution in [2.45, 2.75) is 12.8 Å². The summed E-state index contributed by atoms with van der Waals surface area (Å²) in [7, 11) is 1.36. The minimum Gasteiger partial charge on any atom is -0.468 e. The van der Waals surface area contributed by atoms with Crippen LogP contribution in [0.15, 0.2) is 24.3 Å². The van der Waals surface area contributed by atoms with E-state index >= 15 is 0 Å². The van der Waals surface area contributed by atoms with Crippen molar-refractivity contribution in [1.82, 2.24) is 5.32 Å². The summed E-state index contributed by atoms with van der Waals surface area (Å²) >= 11 is 1.44. The Morgan fingerprint density at radius 1 is 1.35 bits per heavy atom. The van der Waals surface area contributed by atoms with Crippen LogP contribution in [-0.4, -0.2) is 37.0 Å². The fourth-order valence-electron chi connectivity index (χ4n) is 1.58. The van der Waals surface area contributed by atoms with E-state index in [9.17, 15) is 9.59 Å². The lowest BCUT2D eigenvalue weighted by Gasteiger charge is -2.06. The van der Waals surface area contributed by atoms with Crippen LogP contribution in [0.1, 0.15) is 12.0 Å². The Labute approximate surface area is 123 Å². The average Bonchev–Trinajstić information content (AvgIpc) is 2.45. The molecule has 0 aromatic heterocycles. The maximum Gasteiger partial charge on any atom is 0.315 e. The number of hydrogen-bond acceptors (Lipinski definition) is 5. The second-order valence-corrected chi connectivity index (χ2v) is 5.28. The first kappa shape index (κ1) is 16.4. The van der Waals surface area contributed by atoms with E-state index in [-0.39, 0.29) is 11.9 Å². The summed E-state index contributed by atoms with van der Waals surface area (Å²) in [6.45, 7) is 0.546. The van der Waals surface area contributed by atoms with Crippen molar-refractivity contribution >= 4 is 29.3 Å². The van der Waals surface area contributed by atoms with Crippen molar-refractivity contribution in [2.75, 3.05) is 30.9 Å². The molecule has 0 aliphatic rings. The third-order valence-electron chi connectivity index (χ3n) is 2.69. The molecule has 0 saturated heterocycles. The summed E-state index contributed by atoms with van der Waals surface area (Å²) in [4.78, 5) is 22.5. The number of nitrogens with one attached hydrogen (secondary N) is 1. The van der Waals surface area contributed by atoms with Gasteiger partial charge in [-0.05, 0) is 18.1 Å². The maximum atomic E-state index is 11.6. The first-order valence-corrected chi connectivity index (χ1v) is 7.53. The highest BCUT2D eigenvalue weighted by molar-refractivity contribution is 7.99. The van der Waals surface area contributed by atoms with Crippen molar-refractivity contribution in [3.8, 4) is 0 Å². The van der Waals surface area contributed by atoms with Gasteiger partial charge in [-0.1, -0.05) is 18.2 Å². The number of para-hydroxylation sites is 1. The van der Waals surface area contributed by atoms with Gasteiger partial charge in [0.25, 0.3) is 0 Å². The minimum absolute atomic E-state index is 0.00748. The lowest BCUT2D eigenvalue weighted by atomic mass is 10.1. The first-order valence-electron chi connectivity index (χ1n) is 6.38. The van der Waals surface area contributed by atoms with E-state index in [1.807, 2.05) is 24.3 Å². The Kier molecular flexibility index (Phi) is 7.57. The molecule has 1 aromatic carbocycles. The number of hydrogen-bond donors (Lipinski definition) is 2. The smallest absolute Gasteiger partial charge is 0.315 e. The number of aryl methyl sites for hydroxylation is 1. The van der Waals surface area contributed by atoms with E-state index < -0.39 is 0 Å². The van der Waals surface area contributed by atoms with Crippen LogP contribution in [0.5, 0.6) is 0 Å². The zero-order valence-electron chi connectivity index (χ0n) is 11.6. The number of methoxy groups -OCH3 is 1. The molecule has 0 spiro atoms. The lowest BCUT2D eigenvalue weighted by molar-refractivity contribution is -0.137. The van der Waals surface area contributed by atoms with Gasteiger partial charge in [-0.3, -0.25) is 9.59 Å². The molecular weight excluding hydrogens is 276 g/mol. The Hall–Kier alpha value is -1.69. The van der Waals surface area contributed by atoms with E-state index in [1.165, 1.54) is 18.9 Å². The Morgan fingerprint density at radius 3 is 2.80 bits per heavy atom. The molecule has 0 aliphatic heterocycles. The lowest BCUT2D eigenvalue weighted by Crippen LogP contribution is -2.26. The van der Waals surface area contributed by atoms with Crippen LogP contribution >= 0.6 is 11.8 Å². The minimum atomic E-state index is -0.249. The normalized spacial score (nSPS) is 10.1. The van der Waals surface area contributed by atoms with Crippen LogP contribution in [0.3, 0.4) is 0 Å². The third kappa shape index (κ3) is 6.47. The molecule has 1 amide bonds. The summed E-state index contributed by atoms with van der Waals surface area (Å²) in [5.41, 5.74) is 7.51. The van der Waals surface area contributed by atoms with Gasteiger partial charge in [-0.25, -0.2) is 0 Å². The van der Waals surface area contributed by atoms with Crippen molar-refractivity contribution in [1.29, 1.82) is 0 Å². The van der Waals surface area contributed by atoms with Crippen LogP contribution in [0.2, 0.25) is 0 Å². The second-order valence-electron chi connectivity index (χ2n) is 4.18. The number of benzene rings is 1. The molecular formula is C14H20N2O3S. The molecule has 0 heterocycles. The molecule has 1 aromatic rings. The zero-order chi connectivity index (χ0) is 14.8. The van der Waals surface area contributed by atoms with Gasteiger partial charge >= 0.3 is 5.97 Å². The maximum absolute atomic E-state index is 11.6. The standard InChI is InChI=1S/C14H20N2O3S/c1-19-14(18)10-20-9-8-16-13(17)7-6-11-4-2-3-5-12(11)15/h2-5H,6-10,15H2,1H3,(H,16,17). The summed E-state index contributed by atoms with van der Waals surface area (Å²) in [6.07, 6.45) is 1.05. The van der Waals surface area contributed by atoms with Crippen molar-refractivity contribution in [3.05, 3.63) is 29.8 Å². The van der Waals surface area contributed by atoms with E-state index in [2.05, 4.69) is 10.1 Å². The van der Waals surface area contributed by atoms with Crippen LogP contribution in [-0.2, 0) is 20.7 Å². The molecule has 0 atom stereocenters. The predicted molar refractivity (Wildman–Crippen MR) is 81.5 cm³/mol. The molecule has 6 heteroatoms. The quantitative estimate of drug-likeness (QED) is 0.428. The molecule has 0 saturated carbocycles. The molecule has 3 N–H and O–H groups in total. The summed E-state index contributed by atoms with van der Waals surface area (Å²) in [5.74, 6) is 0.745. The molecule has 0 fully saturated rings. The number of esters is 1. The van der Waals surface area contributed by atoms with Gasteiger partial charge in [0.05, 0.1) is 12.9 Å². The van der Waals surface area contributed by atoms with E-state index in [0.29, 0.717) is 36.6 Å². The van der Waals surface area contributed by atoms with Crippen molar-refractivity contribution < 1.29 is 14.3 Å². The first-order chi connectivity index (χ1) is 9.63. The fourth-order valence-corrected chi connectivity index (χ4v) is 2.25. The van der Waals surface area contributed by atoms with Gasteiger partial charge in [0, 0.05) is 24.4 Å². The highest BCUT2D eigenvalue weighted by Gasteiger charge is 2.04. The fraction of sp³-hybridized carbons (Fsp3) is 0.429. The van der Waals surface area contributed by atoms with E-state index in [0.717, 1.165) is 5.56 Å². The predicted octanol–water partition coefficient (Wildman–Crippen LogP) is 1.22. The Morgan fingerprint density at radius 2 is 2.10 bits per heavy atom. The summed E-state index contributed by atoms with van der Waals surface area (Å²) in [6, 6.07) is 7.54. The van der Waals surface area contributed by atoms with Crippen LogP contribution in [0.4, 0.5) is 5.69 Å². The molecule has 110 valence electrons. The van der Waals surface area contributed by atoms with Gasteiger partial charge in [0.15, 0.2) is 0 Å². The second kappa shape index (κ2) is 9.25. The molecule has 0 bridgehead atoms.